The van der Waals surface area contributed by atoms with Crippen molar-refractivity contribution in [1.82, 2.24) is 15.2 Å². The average molecular weight is 474 g/mol. The Morgan fingerprint density at radius 2 is 1.82 bits per heavy atom. The van der Waals surface area contributed by atoms with E-state index in [1.54, 1.807) is 25.1 Å². The summed E-state index contributed by atoms with van der Waals surface area (Å²) in [6, 6.07) is 10.4. The van der Waals surface area contributed by atoms with Crippen molar-refractivity contribution >= 4 is 11.7 Å². The van der Waals surface area contributed by atoms with Gasteiger partial charge in [-0.2, -0.15) is 13.2 Å². The molecule has 1 N–H and O–H groups in total. The molecule has 0 aliphatic carbocycles. The van der Waals surface area contributed by atoms with E-state index < -0.39 is 11.7 Å². The molecule has 4 rings (SSSR count). The first kappa shape index (κ1) is 23.5. The van der Waals surface area contributed by atoms with Crippen molar-refractivity contribution in [1.29, 1.82) is 0 Å². The number of urea groups is 1. The predicted octanol–water partition coefficient (Wildman–Crippen LogP) is 4.71. The van der Waals surface area contributed by atoms with Crippen LogP contribution in [0.1, 0.15) is 17.0 Å². The van der Waals surface area contributed by atoms with Crippen LogP contribution in [0.25, 0.3) is 11.3 Å². The van der Waals surface area contributed by atoms with Crippen molar-refractivity contribution < 1.29 is 27.1 Å². The Kier molecular flexibility index (Phi) is 6.67. The first-order valence-corrected chi connectivity index (χ1v) is 10.8. The number of piperazine rings is 1. The van der Waals surface area contributed by atoms with Gasteiger partial charge < -0.3 is 24.3 Å². The molecule has 2 amide bonds. The molecule has 1 aliphatic rings. The Balaban J connectivity index is 1.32. The quantitative estimate of drug-likeness (QED) is 0.580. The minimum absolute atomic E-state index is 0.164. The number of carbonyl (C=O) groups excluding carboxylic acids is 1. The van der Waals surface area contributed by atoms with E-state index >= 15 is 0 Å². The summed E-state index contributed by atoms with van der Waals surface area (Å²) >= 11 is 0. The summed E-state index contributed by atoms with van der Waals surface area (Å²) in [6.45, 7) is 4.25. The molecule has 1 aliphatic heterocycles. The van der Waals surface area contributed by atoms with Crippen LogP contribution in [-0.4, -0.2) is 49.2 Å². The summed E-state index contributed by atoms with van der Waals surface area (Å²) in [4.78, 5) is 20.5. The van der Waals surface area contributed by atoms with E-state index in [0.29, 0.717) is 49.1 Å². The molecule has 180 valence electrons. The van der Waals surface area contributed by atoms with Gasteiger partial charge in [-0.1, -0.05) is 12.1 Å². The summed E-state index contributed by atoms with van der Waals surface area (Å²) in [5.74, 6) is 1.88. The third kappa shape index (κ3) is 5.27. The molecule has 0 saturated carbocycles. The highest BCUT2D eigenvalue weighted by Gasteiger charge is 2.30. The number of alkyl halides is 3. The summed E-state index contributed by atoms with van der Waals surface area (Å²) < 4.78 is 49.2. The van der Waals surface area contributed by atoms with E-state index in [9.17, 15) is 18.0 Å². The molecule has 0 radical (unpaired) electrons. The zero-order valence-electron chi connectivity index (χ0n) is 18.9. The Hall–Kier alpha value is -3.69. The van der Waals surface area contributed by atoms with Crippen LogP contribution >= 0.6 is 0 Å². The molecular weight excluding hydrogens is 449 g/mol. The van der Waals surface area contributed by atoms with Gasteiger partial charge in [-0.05, 0) is 29.8 Å². The summed E-state index contributed by atoms with van der Waals surface area (Å²) in [5.41, 5.74) is 1.68. The number of amides is 2. The highest BCUT2D eigenvalue weighted by molar-refractivity contribution is 5.75. The third-order valence-electron chi connectivity index (χ3n) is 5.73. The summed E-state index contributed by atoms with van der Waals surface area (Å²) in [6.07, 6.45) is -2.71. The molecular formula is C24H25F3N4O3. The van der Waals surface area contributed by atoms with Gasteiger partial charge in [0.05, 0.1) is 24.4 Å². The minimum Gasteiger partial charge on any atom is -0.496 e. The topological polar surface area (TPSA) is 70.8 Å². The largest absolute Gasteiger partial charge is 0.496 e. The molecule has 2 heterocycles. The van der Waals surface area contributed by atoms with Crippen LogP contribution in [0, 0.1) is 6.92 Å². The van der Waals surface area contributed by atoms with E-state index in [1.807, 2.05) is 18.2 Å². The lowest BCUT2D eigenvalue weighted by Crippen LogP contribution is -2.51. The predicted molar refractivity (Wildman–Crippen MR) is 121 cm³/mol. The van der Waals surface area contributed by atoms with Crippen LogP contribution in [-0.2, 0) is 12.7 Å². The average Bonchev–Trinajstić information content (AvgIpc) is 3.28. The van der Waals surface area contributed by atoms with E-state index in [-0.39, 0.29) is 12.6 Å². The maximum atomic E-state index is 12.7. The van der Waals surface area contributed by atoms with Gasteiger partial charge in [0, 0.05) is 51.4 Å². The normalized spacial score (nSPS) is 14.3. The number of rotatable bonds is 5. The zero-order chi connectivity index (χ0) is 24.3. The molecule has 7 nitrogen and oxygen atoms in total. The fraction of sp³-hybridized carbons (Fsp3) is 0.333. The second-order valence-corrected chi connectivity index (χ2v) is 7.96. The molecule has 0 spiro atoms. The Morgan fingerprint density at radius 1 is 1.12 bits per heavy atom. The van der Waals surface area contributed by atoms with Gasteiger partial charge in [0.15, 0.2) is 11.7 Å². The van der Waals surface area contributed by atoms with Crippen molar-refractivity contribution in [3.8, 4) is 17.1 Å². The number of nitrogens with one attached hydrogen (secondary N) is 1. The van der Waals surface area contributed by atoms with E-state index in [0.717, 1.165) is 23.4 Å². The van der Waals surface area contributed by atoms with Crippen LogP contribution in [0.3, 0.4) is 0 Å². The van der Waals surface area contributed by atoms with Crippen LogP contribution in [0.4, 0.5) is 23.7 Å². The van der Waals surface area contributed by atoms with Crippen LogP contribution in [0.15, 0.2) is 53.1 Å². The lowest BCUT2D eigenvalue weighted by atomic mass is 10.1. The Morgan fingerprint density at radius 3 is 2.41 bits per heavy atom. The molecule has 0 bridgehead atoms. The molecule has 0 unspecified atom stereocenters. The van der Waals surface area contributed by atoms with E-state index in [2.05, 4.69) is 15.2 Å². The zero-order valence-corrected chi connectivity index (χ0v) is 18.9. The summed E-state index contributed by atoms with van der Waals surface area (Å²) in [7, 11) is 1.60. The van der Waals surface area contributed by atoms with Gasteiger partial charge in [-0.25, -0.2) is 9.78 Å². The molecule has 3 aromatic rings. The molecule has 0 atom stereocenters. The smallest absolute Gasteiger partial charge is 0.416 e. The number of hydrogen-bond donors (Lipinski definition) is 1. The van der Waals surface area contributed by atoms with Crippen molar-refractivity contribution in [2.45, 2.75) is 19.6 Å². The van der Waals surface area contributed by atoms with Gasteiger partial charge in [-0.15, -0.1) is 0 Å². The van der Waals surface area contributed by atoms with E-state index in [1.165, 1.54) is 12.1 Å². The Bertz CT molecular complexity index is 1140. The number of halogens is 3. The van der Waals surface area contributed by atoms with Crippen LogP contribution in [0.2, 0.25) is 0 Å². The highest BCUT2D eigenvalue weighted by Crippen LogP contribution is 2.34. The molecule has 34 heavy (non-hydrogen) atoms. The Labute approximate surface area is 195 Å². The van der Waals surface area contributed by atoms with Crippen molar-refractivity contribution in [3.05, 3.63) is 65.7 Å². The molecule has 1 fully saturated rings. The number of oxazole rings is 1. The molecule has 10 heteroatoms. The lowest BCUT2D eigenvalue weighted by Gasteiger charge is -2.36. The molecule has 1 aromatic heterocycles. The second kappa shape index (κ2) is 9.66. The summed E-state index contributed by atoms with van der Waals surface area (Å²) in [5, 5.41) is 2.78. The maximum absolute atomic E-state index is 12.7. The van der Waals surface area contributed by atoms with Gasteiger partial charge >= 0.3 is 12.2 Å². The number of carbonyl (C=O) groups is 1. The number of aryl methyl sites for hydroxylation is 1. The number of methoxy groups -OCH3 is 1. The van der Waals surface area contributed by atoms with Crippen molar-refractivity contribution in [2.24, 2.45) is 0 Å². The number of hydrogen-bond acceptors (Lipinski definition) is 5. The van der Waals surface area contributed by atoms with Gasteiger partial charge in [0.25, 0.3) is 0 Å². The minimum atomic E-state index is -4.37. The SMILES string of the molecule is COc1cc(N2CCN(C(=O)NCc3ccc(C(F)(F)F)cc3)CC2)ccc1-c1cnc(C)o1. The van der Waals surface area contributed by atoms with E-state index in [4.69, 9.17) is 9.15 Å². The van der Waals surface area contributed by atoms with Crippen molar-refractivity contribution in [3.63, 3.8) is 0 Å². The maximum Gasteiger partial charge on any atom is 0.416 e. The van der Waals surface area contributed by atoms with Gasteiger partial charge in [0.1, 0.15) is 5.75 Å². The second-order valence-electron chi connectivity index (χ2n) is 7.96. The number of anilines is 1. The van der Waals surface area contributed by atoms with Crippen molar-refractivity contribution in [2.75, 3.05) is 38.2 Å². The third-order valence-corrected chi connectivity index (χ3v) is 5.73. The van der Waals surface area contributed by atoms with Crippen LogP contribution < -0.4 is 15.0 Å². The highest BCUT2D eigenvalue weighted by atomic mass is 19.4. The number of benzene rings is 2. The lowest BCUT2D eigenvalue weighted by molar-refractivity contribution is -0.137. The number of nitrogens with zero attached hydrogens (tertiary/aromatic N) is 3. The monoisotopic (exact) mass is 474 g/mol. The van der Waals surface area contributed by atoms with Gasteiger partial charge in [-0.3, -0.25) is 0 Å². The van der Waals surface area contributed by atoms with Gasteiger partial charge in [0.2, 0.25) is 0 Å². The fourth-order valence-electron chi connectivity index (χ4n) is 3.83. The first-order valence-electron chi connectivity index (χ1n) is 10.8. The number of ether oxygens (including phenoxy) is 1. The molecule has 2 aromatic carbocycles. The van der Waals surface area contributed by atoms with Crippen LogP contribution in [0.5, 0.6) is 5.75 Å². The standard InChI is InChI=1S/C24H25F3N4O3/c1-16-28-15-22(34-16)20-8-7-19(13-21(20)33-2)30-9-11-31(12-10-30)23(32)29-14-17-3-5-18(6-4-17)24(25,26)27/h3-8,13,15H,9-12,14H2,1-2H3,(H,29,32). The number of aromatic nitrogens is 1. The molecule has 1 saturated heterocycles. The first-order chi connectivity index (χ1) is 16.2. The fourth-order valence-corrected chi connectivity index (χ4v) is 3.83.